The lowest BCUT2D eigenvalue weighted by Crippen LogP contribution is -2.42. The van der Waals surface area contributed by atoms with Crippen LogP contribution >= 0.6 is 34.8 Å². The van der Waals surface area contributed by atoms with Crippen molar-refractivity contribution in [1.82, 2.24) is 0 Å². The van der Waals surface area contributed by atoms with Crippen molar-refractivity contribution in [3.05, 3.63) is 0 Å². The molecule has 2 saturated heterocycles. The van der Waals surface area contributed by atoms with Gasteiger partial charge in [-0.15, -0.1) is 0 Å². The molecule has 0 amide bonds. The van der Waals surface area contributed by atoms with E-state index in [0.29, 0.717) is 0 Å². The van der Waals surface area contributed by atoms with Gasteiger partial charge in [-0.2, -0.15) is 0 Å². The van der Waals surface area contributed by atoms with Crippen LogP contribution in [0.15, 0.2) is 0 Å². The van der Waals surface area contributed by atoms with Crippen molar-refractivity contribution in [2.75, 3.05) is 6.61 Å². The summed E-state index contributed by atoms with van der Waals surface area (Å²) in [5, 5.41) is 28.0. The molecule has 2 aliphatic rings. The first-order chi connectivity index (χ1) is 7.84. The van der Waals surface area contributed by atoms with Gasteiger partial charge in [-0.25, -0.2) is 0 Å². The third kappa shape index (κ3) is 2.65. The molecule has 0 aromatic heterocycles. The van der Waals surface area contributed by atoms with Gasteiger partial charge in [0.05, 0.1) is 6.61 Å². The zero-order valence-corrected chi connectivity index (χ0v) is 10.6. The number of alkyl halides is 3. The van der Waals surface area contributed by atoms with Crippen LogP contribution in [0.3, 0.4) is 0 Å². The Hall–Kier alpha value is 0.630. The first kappa shape index (κ1) is 14.0. The first-order valence-corrected chi connectivity index (χ1v) is 5.98. The van der Waals surface area contributed by atoms with Crippen LogP contribution in [-0.4, -0.2) is 62.7 Å². The average Bonchev–Trinajstić information content (AvgIpc) is 2.77. The molecule has 0 aliphatic carbocycles. The zero-order chi connectivity index (χ0) is 12.8. The number of aliphatic hydroxyl groups is 3. The van der Waals surface area contributed by atoms with Crippen molar-refractivity contribution in [3.8, 4) is 0 Å². The van der Waals surface area contributed by atoms with Crippen molar-refractivity contribution in [3.63, 3.8) is 0 Å². The van der Waals surface area contributed by atoms with Gasteiger partial charge in [-0.1, -0.05) is 34.8 Å². The topological polar surface area (TPSA) is 88.4 Å². The minimum Gasteiger partial charge on any atom is -0.394 e. The molecular weight excluding hydrogens is 298 g/mol. The Labute approximate surface area is 112 Å². The summed E-state index contributed by atoms with van der Waals surface area (Å²) in [7, 11) is 0. The van der Waals surface area contributed by atoms with Crippen LogP contribution < -0.4 is 0 Å². The highest BCUT2D eigenvalue weighted by molar-refractivity contribution is 6.67. The molecule has 0 aromatic rings. The number of ether oxygens (including phenoxy) is 3. The average molecular weight is 310 g/mol. The molecule has 2 rings (SSSR count). The Morgan fingerprint density at radius 2 is 1.82 bits per heavy atom. The highest BCUT2D eigenvalue weighted by Crippen LogP contribution is 2.42. The summed E-state index contributed by atoms with van der Waals surface area (Å²) in [4.78, 5) is 0. The number of aliphatic hydroxyl groups excluding tert-OH is 3. The fourth-order valence-electron chi connectivity index (χ4n) is 1.79. The third-order valence-corrected chi connectivity index (χ3v) is 3.14. The summed E-state index contributed by atoms with van der Waals surface area (Å²) in [5.41, 5.74) is 0. The van der Waals surface area contributed by atoms with Crippen LogP contribution in [0.2, 0.25) is 0 Å². The van der Waals surface area contributed by atoms with E-state index in [9.17, 15) is 10.2 Å². The van der Waals surface area contributed by atoms with Gasteiger partial charge in [0, 0.05) is 0 Å². The molecule has 3 N–H and O–H groups in total. The molecule has 0 aromatic carbocycles. The molecule has 2 aliphatic heterocycles. The number of fused-ring (bicyclic) bond motifs is 1. The lowest BCUT2D eigenvalue weighted by atomic mass is 10.1. The van der Waals surface area contributed by atoms with E-state index < -0.39 is 47.4 Å². The van der Waals surface area contributed by atoms with Gasteiger partial charge in [0.1, 0.15) is 24.4 Å². The summed E-state index contributed by atoms with van der Waals surface area (Å²) in [5.74, 6) is 0. The molecule has 2 fully saturated rings. The van der Waals surface area contributed by atoms with Gasteiger partial charge in [-0.05, 0) is 0 Å². The van der Waals surface area contributed by atoms with E-state index in [1.54, 1.807) is 0 Å². The van der Waals surface area contributed by atoms with Gasteiger partial charge >= 0.3 is 0 Å². The molecule has 6 atom stereocenters. The van der Waals surface area contributed by atoms with Gasteiger partial charge in [0.25, 0.3) is 0 Å². The third-order valence-electron chi connectivity index (χ3n) is 2.60. The van der Waals surface area contributed by atoms with Crippen molar-refractivity contribution >= 4 is 34.8 Å². The van der Waals surface area contributed by atoms with E-state index >= 15 is 0 Å². The second-order valence-electron chi connectivity index (χ2n) is 3.82. The maximum absolute atomic E-state index is 9.81. The zero-order valence-electron chi connectivity index (χ0n) is 8.37. The van der Waals surface area contributed by atoms with E-state index in [2.05, 4.69) is 0 Å². The van der Waals surface area contributed by atoms with Crippen LogP contribution in [0.1, 0.15) is 0 Å². The molecular formula is C8H11Cl3O6. The van der Waals surface area contributed by atoms with Crippen LogP contribution in [0.25, 0.3) is 0 Å². The SMILES string of the molecule is OC[C@@H](O)[C@@H]1O[C@H]2O[C@@H](C(Cl)(Cl)Cl)O[C@H]2[C@@H]1O. The number of rotatable bonds is 2. The largest absolute Gasteiger partial charge is 0.394 e. The van der Waals surface area contributed by atoms with Gasteiger partial charge < -0.3 is 29.5 Å². The molecule has 2 heterocycles. The molecule has 100 valence electrons. The van der Waals surface area contributed by atoms with E-state index in [-0.39, 0.29) is 0 Å². The van der Waals surface area contributed by atoms with Crippen LogP contribution in [0.5, 0.6) is 0 Å². The molecule has 0 radical (unpaired) electrons. The van der Waals surface area contributed by atoms with E-state index in [0.717, 1.165) is 0 Å². The maximum Gasteiger partial charge on any atom is 0.241 e. The van der Waals surface area contributed by atoms with Crippen LogP contribution in [0.4, 0.5) is 0 Å². The Balaban J connectivity index is 2.01. The van der Waals surface area contributed by atoms with Crippen LogP contribution in [-0.2, 0) is 14.2 Å². The van der Waals surface area contributed by atoms with E-state index in [4.69, 9.17) is 54.1 Å². The summed E-state index contributed by atoms with van der Waals surface area (Å²) in [6, 6.07) is 0. The normalized spacial score (nSPS) is 43.8. The predicted octanol–water partition coefficient (Wildman–Crippen LogP) is -0.463. The standard InChI is InChI=1S/C8H11Cl3O6/c9-8(10,11)7-16-5-3(14)4(2(13)1-12)15-6(5)17-7/h2-7,12-14H,1H2/t2-,3-,4+,5+,6+,7+/m1/s1. The van der Waals surface area contributed by atoms with Gasteiger partial charge in [0.15, 0.2) is 6.29 Å². The highest BCUT2D eigenvalue weighted by atomic mass is 35.6. The minimum absolute atomic E-state index is 0.547. The second kappa shape index (κ2) is 4.96. The Morgan fingerprint density at radius 1 is 1.18 bits per heavy atom. The number of halogens is 3. The summed E-state index contributed by atoms with van der Waals surface area (Å²) in [6.45, 7) is -0.547. The molecule has 0 unspecified atom stereocenters. The molecule has 6 nitrogen and oxygen atoms in total. The van der Waals surface area contributed by atoms with E-state index in [1.807, 2.05) is 0 Å². The number of hydrogen-bond acceptors (Lipinski definition) is 6. The molecule has 0 spiro atoms. The highest BCUT2D eigenvalue weighted by Gasteiger charge is 2.57. The Bertz CT molecular complexity index is 285. The Morgan fingerprint density at radius 3 is 2.29 bits per heavy atom. The fraction of sp³-hybridized carbons (Fsp3) is 1.00. The quantitative estimate of drug-likeness (QED) is 0.598. The molecule has 0 bridgehead atoms. The van der Waals surface area contributed by atoms with Gasteiger partial charge in [-0.3, -0.25) is 0 Å². The molecule has 0 saturated carbocycles. The Kier molecular flexibility index (Phi) is 4.10. The summed E-state index contributed by atoms with van der Waals surface area (Å²) in [6.07, 6.45) is -6.33. The predicted molar refractivity (Wildman–Crippen MR) is 57.8 cm³/mol. The minimum atomic E-state index is -1.79. The van der Waals surface area contributed by atoms with Crippen molar-refractivity contribution in [2.24, 2.45) is 0 Å². The van der Waals surface area contributed by atoms with Crippen molar-refractivity contribution < 1.29 is 29.5 Å². The lowest BCUT2D eigenvalue weighted by molar-refractivity contribution is -0.188. The van der Waals surface area contributed by atoms with Crippen molar-refractivity contribution in [1.29, 1.82) is 0 Å². The maximum atomic E-state index is 9.81. The van der Waals surface area contributed by atoms with E-state index in [1.165, 1.54) is 0 Å². The second-order valence-corrected chi connectivity index (χ2v) is 6.19. The summed E-state index contributed by atoms with van der Waals surface area (Å²) < 4.78 is 13.8. The molecule has 9 heteroatoms. The van der Waals surface area contributed by atoms with Gasteiger partial charge in [0.2, 0.25) is 10.1 Å². The molecule has 17 heavy (non-hydrogen) atoms. The monoisotopic (exact) mass is 308 g/mol. The smallest absolute Gasteiger partial charge is 0.241 e. The van der Waals surface area contributed by atoms with Crippen molar-refractivity contribution in [2.45, 2.75) is 40.8 Å². The van der Waals surface area contributed by atoms with Crippen LogP contribution in [0, 0.1) is 0 Å². The number of hydrogen-bond donors (Lipinski definition) is 3. The summed E-state index contributed by atoms with van der Waals surface area (Å²) >= 11 is 16.7. The first-order valence-electron chi connectivity index (χ1n) is 4.84. The fourth-order valence-corrected chi connectivity index (χ4v) is 2.10. The lowest BCUT2D eigenvalue weighted by Gasteiger charge is -2.24.